The number of carboxylic acid groups (broad SMARTS) is 1. The molecule has 0 aliphatic carbocycles. The molecule has 37 heavy (non-hydrogen) atoms. The molecule has 1 saturated heterocycles. The van der Waals surface area contributed by atoms with E-state index in [0.29, 0.717) is 11.3 Å². The Balaban J connectivity index is 1.49. The van der Waals surface area contributed by atoms with Crippen molar-refractivity contribution in [2.75, 3.05) is 23.8 Å². The Labute approximate surface area is 223 Å². The van der Waals surface area contributed by atoms with Crippen LogP contribution in [0.3, 0.4) is 0 Å². The number of amidine groups is 2. The molecule has 3 atom stereocenters. The van der Waals surface area contributed by atoms with Crippen molar-refractivity contribution in [3.8, 4) is 0 Å². The summed E-state index contributed by atoms with van der Waals surface area (Å²) in [5.41, 5.74) is 11.9. The maximum absolute atomic E-state index is 13.0. The minimum absolute atomic E-state index is 0.0753. The molecule has 2 amide bonds. The molecule has 2 unspecified atom stereocenters. The fourth-order valence-electron chi connectivity index (χ4n) is 3.65. The van der Waals surface area contributed by atoms with Crippen molar-refractivity contribution < 1.29 is 24.3 Å². The van der Waals surface area contributed by atoms with Crippen LogP contribution < -0.4 is 22.6 Å². The fourth-order valence-corrected chi connectivity index (χ4v) is 6.67. The van der Waals surface area contributed by atoms with Crippen molar-refractivity contribution in [3.63, 3.8) is 0 Å². The first-order valence-electron chi connectivity index (χ1n) is 10.8. The van der Waals surface area contributed by atoms with Gasteiger partial charge in [-0.05, 0) is 12.5 Å². The number of nitrogens with two attached hydrogens (primary N) is 3. The normalized spacial score (nSPS) is 23.9. The van der Waals surface area contributed by atoms with Crippen LogP contribution in [0.15, 0.2) is 26.8 Å². The Morgan fingerprint density at radius 3 is 2.86 bits per heavy atom. The zero-order valence-electron chi connectivity index (χ0n) is 19.4. The van der Waals surface area contributed by atoms with Gasteiger partial charge in [0.25, 0.3) is 11.8 Å². The van der Waals surface area contributed by atoms with Gasteiger partial charge in [0, 0.05) is 23.3 Å². The van der Waals surface area contributed by atoms with Crippen LogP contribution in [0.2, 0.25) is 0 Å². The third-order valence-electron chi connectivity index (χ3n) is 5.39. The molecule has 0 bridgehead atoms. The predicted molar refractivity (Wildman–Crippen MR) is 141 cm³/mol. The van der Waals surface area contributed by atoms with Gasteiger partial charge in [-0.3, -0.25) is 24.9 Å². The number of rotatable bonds is 8. The minimum Gasteiger partial charge on any atom is -0.477 e. The lowest BCUT2D eigenvalue weighted by Crippen LogP contribution is -2.71. The molecule has 4 heterocycles. The molecular weight excluding hydrogens is 544 g/mol. The maximum Gasteiger partial charge on any atom is 0.352 e. The summed E-state index contributed by atoms with van der Waals surface area (Å²) in [5, 5.41) is 26.8. The Morgan fingerprint density at radius 1 is 1.46 bits per heavy atom. The van der Waals surface area contributed by atoms with Gasteiger partial charge in [0.05, 0.1) is 0 Å². The number of fused-ring (bicyclic) bond motifs is 1. The topological polar surface area (TPSA) is 239 Å². The molecule has 198 valence electrons. The summed E-state index contributed by atoms with van der Waals surface area (Å²) < 4.78 is 0. The number of carbonyl (C=O) groups is 3. The highest BCUT2D eigenvalue weighted by atomic mass is 32.2. The third kappa shape index (κ3) is 5.42. The average Bonchev–Trinajstić information content (AvgIpc) is 3.28. The Hall–Kier alpha value is -3.19. The van der Waals surface area contributed by atoms with Crippen molar-refractivity contribution >= 4 is 74.5 Å². The van der Waals surface area contributed by atoms with Crippen LogP contribution in [-0.2, 0) is 19.2 Å². The largest absolute Gasteiger partial charge is 0.477 e. The monoisotopic (exact) mass is 568 g/mol. The lowest BCUT2D eigenvalue weighted by Gasteiger charge is -2.49. The number of hydrazine groups is 1. The van der Waals surface area contributed by atoms with Crippen LogP contribution in [0.4, 0.5) is 5.13 Å². The molecule has 1 fully saturated rings. The quantitative estimate of drug-likeness (QED) is 0.0971. The summed E-state index contributed by atoms with van der Waals surface area (Å²) in [6.45, 7) is 1.90. The van der Waals surface area contributed by atoms with Gasteiger partial charge in [-0.1, -0.05) is 16.9 Å². The Kier molecular flexibility index (Phi) is 8.02. The molecule has 0 spiro atoms. The van der Waals surface area contributed by atoms with Crippen LogP contribution in [-0.4, -0.2) is 90.2 Å². The smallest absolute Gasteiger partial charge is 0.352 e. The molecule has 0 radical (unpaired) electrons. The number of anilines is 1. The number of carboxylic acids is 1. The van der Waals surface area contributed by atoms with E-state index in [-0.39, 0.29) is 52.0 Å². The second-order valence-corrected chi connectivity index (χ2v) is 10.8. The summed E-state index contributed by atoms with van der Waals surface area (Å²) in [6, 6.07) is -0.968. The van der Waals surface area contributed by atoms with E-state index in [1.807, 2.05) is 0 Å². The molecular formula is C19H24N10O5S3. The van der Waals surface area contributed by atoms with E-state index in [1.165, 1.54) is 16.8 Å². The zero-order chi connectivity index (χ0) is 26.9. The zero-order valence-corrected chi connectivity index (χ0v) is 21.9. The predicted octanol–water partition coefficient (Wildman–Crippen LogP) is -0.865. The standard InChI is InChI=1S/C19H24N10O5S3/c1-2-34-27-11(8-6-36-18(22)24-8)14(30)26-12-15(31)28-13(17(32)33)7(4-35-16(12)28)5-37-19-25-9(20)3-10(21)29(19)23/h6,10,12,16,20H,2-5,21,23H2,1H3,(H2,22,24)(H,26,30)(H,32,33)/t10?,12?,16-/m0/s1. The summed E-state index contributed by atoms with van der Waals surface area (Å²) in [4.78, 5) is 52.4. The number of nitrogens with one attached hydrogen (secondary N) is 2. The number of nitrogen functional groups attached to an aromatic ring is 1. The maximum atomic E-state index is 13.0. The number of thiazole rings is 1. The number of β-lactam (4-membered cyclic amide) rings is 1. The second kappa shape index (κ2) is 11.1. The Morgan fingerprint density at radius 2 is 2.22 bits per heavy atom. The van der Waals surface area contributed by atoms with E-state index < -0.39 is 35.4 Å². The lowest BCUT2D eigenvalue weighted by atomic mass is 10.0. The SMILES string of the molecule is CCON=C(C(=O)NC1C(=O)N2C(C(=O)O)=C(CSC3=NC(=N)CC(N)N3N)CS[C@@H]12)c1csc(N)n1. The number of carbonyl (C=O) groups excluding carboxylic acids is 2. The summed E-state index contributed by atoms with van der Waals surface area (Å²) >= 11 is 3.57. The van der Waals surface area contributed by atoms with E-state index in [4.69, 9.17) is 27.6 Å². The van der Waals surface area contributed by atoms with Gasteiger partial charge >= 0.3 is 5.97 Å². The number of aliphatic imine (C=N–C) groups is 1. The molecule has 9 N–H and O–H groups in total. The number of hydrogen-bond acceptors (Lipinski definition) is 14. The fraction of sp³-hybridized carbons (Fsp3) is 0.421. The molecule has 1 aromatic rings. The highest BCUT2D eigenvalue weighted by molar-refractivity contribution is 8.14. The number of aromatic nitrogens is 1. The van der Waals surface area contributed by atoms with E-state index in [2.05, 4.69) is 20.4 Å². The van der Waals surface area contributed by atoms with Crippen molar-refractivity contribution in [2.45, 2.75) is 30.9 Å². The number of hydrogen-bond donors (Lipinski definition) is 6. The van der Waals surface area contributed by atoms with Crippen LogP contribution in [0.25, 0.3) is 0 Å². The van der Waals surface area contributed by atoms with E-state index in [9.17, 15) is 19.5 Å². The van der Waals surface area contributed by atoms with Crippen molar-refractivity contribution in [1.82, 2.24) is 20.2 Å². The molecule has 15 nitrogen and oxygen atoms in total. The molecule has 18 heteroatoms. The van der Waals surface area contributed by atoms with Crippen molar-refractivity contribution in [1.29, 1.82) is 5.41 Å². The number of thioether (sulfide) groups is 2. The van der Waals surface area contributed by atoms with Crippen LogP contribution >= 0.6 is 34.9 Å². The first-order valence-corrected chi connectivity index (χ1v) is 13.7. The summed E-state index contributed by atoms with van der Waals surface area (Å²) in [6.07, 6.45) is -0.410. The van der Waals surface area contributed by atoms with Crippen molar-refractivity contribution in [3.05, 3.63) is 22.3 Å². The molecule has 3 aliphatic rings. The number of aliphatic carboxylic acids is 1. The van der Waals surface area contributed by atoms with Gasteiger partial charge in [-0.15, -0.1) is 23.1 Å². The minimum atomic E-state index is -1.27. The number of nitrogens with zero attached hydrogens (tertiary/aromatic N) is 5. The van der Waals surface area contributed by atoms with Gasteiger partial charge in [-0.2, -0.15) is 0 Å². The average molecular weight is 569 g/mol. The molecule has 3 aliphatic heterocycles. The van der Waals surface area contributed by atoms with Gasteiger partial charge in [-0.25, -0.2) is 20.6 Å². The first kappa shape index (κ1) is 26.9. The highest BCUT2D eigenvalue weighted by Crippen LogP contribution is 2.41. The Bertz CT molecular complexity index is 1230. The third-order valence-corrected chi connectivity index (χ3v) is 8.45. The molecule has 4 rings (SSSR count). The first-order chi connectivity index (χ1) is 17.6. The van der Waals surface area contributed by atoms with E-state index in [0.717, 1.165) is 28.0 Å². The van der Waals surface area contributed by atoms with Gasteiger partial charge in [0.2, 0.25) is 0 Å². The van der Waals surface area contributed by atoms with E-state index >= 15 is 0 Å². The second-order valence-electron chi connectivity index (χ2n) is 7.86. The van der Waals surface area contributed by atoms with E-state index in [1.54, 1.807) is 12.3 Å². The summed E-state index contributed by atoms with van der Waals surface area (Å²) in [7, 11) is 0. The van der Waals surface area contributed by atoms with Crippen LogP contribution in [0.5, 0.6) is 0 Å². The van der Waals surface area contributed by atoms with Crippen molar-refractivity contribution in [2.24, 2.45) is 21.7 Å². The highest BCUT2D eigenvalue weighted by Gasteiger charge is 2.54. The number of oxime groups is 1. The molecule has 0 aromatic carbocycles. The lowest BCUT2D eigenvalue weighted by molar-refractivity contribution is -0.150. The summed E-state index contributed by atoms with van der Waals surface area (Å²) in [5.74, 6) is 3.93. The van der Waals surface area contributed by atoms with Crippen LogP contribution in [0.1, 0.15) is 19.0 Å². The molecule has 1 aromatic heterocycles. The number of amides is 2. The molecule has 0 saturated carbocycles. The van der Waals surface area contributed by atoms with Gasteiger partial charge < -0.3 is 26.7 Å². The van der Waals surface area contributed by atoms with Gasteiger partial charge in [0.15, 0.2) is 16.0 Å². The van der Waals surface area contributed by atoms with Gasteiger partial charge in [0.1, 0.15) is 41.4 Å². The van der Waals surface area contributed by atoms with Crippen LogP contribution in [0, 0.1) is 5.41 Å².